The van der Waals surface area contributed by atoms with Crippen molar-refractivity contribution < 1.29 is 14.6 Å². The number of hydrogen-bond donors (Lipinski definition) is 3. The first kappa shape index (κ1) is 17.5. The SMILES string of the molecule is CC1(C)CC(NC(=O)NCC(O)c2ccc(Cl)s2)C(C)(C)O1. The molecule has 1 fully saturated rings. The molecular weight excluding hydrogens is 324 g/mol. The van der Waals surface area contributed by atoms with E-state index in [0.29, 0.717) is 4.34 Å². The van der Waals surface area contributed by atoms with E-state index in [1.165, 1.54) is 11.3 Å². The van der Waals surface area contributed by atoms with Gasteiger partial charge < -0.3 is 20.5 Å². The summed E-state index contributed by atoms with van der Waals surface area (Å²) in [7, 11) is 0. The Morgan fingerprint density at radius 1 is 1.50 bits per heavy atom. The Morgan fingerprint density at radius 2 is 2.18 bits per heavy atom. The molecular formula is C15H23ClN2O3S. The van der Waals surface area contributed by atoms with Gasteiger partial charge in [-0.2, -0.15) is 0 Å². The van der Waals surface area contributed by atoms with Gasteiger partial charge in [0, 0.05) is 4.88 Å². The van der Waals surface area contributed by atoms with Gasteiger partial charge in [-0.1, -0.05) is 11.6 Å². The van der Waals surface area contributed by atoms with Crippen LogP contribution in [-0.2, 0) is 4.74 Å². The summed E-state index contributed by atoms with van der Waals surface area (Å²) >= 11 is 7.14. The molecule has 2 rings (SSSR count). The fourth-order valence-corrected chi connectivity index (χ4v) is 3.84. The van der Waals surface area contributed by atoms with Crippen molar-refractivity contribution in [3.05, 3.63) is 21.3 Å². The second-order valence-electron chi connectivity index (χ2n) is 6.73. The van der Waals surface area contributed by atoms with E-state index in [0.717, 1.165) is 11.3 Å². The number of nitrogens with one attached hydrogen (secondary N) is 2. The molecule has 0 aliphatic carbocycles. The second-order valence-corrected chi connectivity index (χ2v) is 8.48. The molecule has 1 aromatic rings. The molecule has 2 unspecified atom stereocenters. The number of ether oxygens (including phenoxy) is 1. The van der Waals surface area contributed by atoms with E-state index in [2.05, 4.69) is 10.6 Å². The number of urea groups is 1. The molecule has 3 N–H and O–H groups in total. The maximum atomic E-state index is 12.0. The largest absolute Gasteiger partial charge is 0.386 e. The third-order valence-electron chi connectivity index (χ3n) is 3.76. The van der Waals surface area contributed by atoms with Crippen LogP contribution < -0.4 is 10.6 Å². The molecule has 124 valence electrons. The molecule has 0 spiro atoms. The summed E-state index contributed by atoms with van der Waals surface area (Å²) in [5.41, 5.74) is -0.671. The van der Waals surface area contributed by atoms with Crippen molar-refractivity contribution in [2.45, 2.75) is 57.5 Å². The average Bonchev–Trinajstić information content (AvgIpc) is 2.88. The Balaban J connectivity index is 1.83. The number of rotatable bonds is 4. The van der Waals surface area contributed by atoms with Gasteiger partial charge in [-0.3, -0.25) is 0 Å². The predicted molar refractivity (Wildman–Crippen MR) is 88.5 cm³/mol. The molecule has 5 nitrogen and oxygen atoms in total. The van der Waals surface area contributed by atoms with Crippen LogP contribution in [0.1, 0.15) is 45.1 Å². The first-order valence-electron chi connectivity index (χ1n) is 7.27. The fourth-order valence-electron chi connectivity index (χ4n) is 2.79. The molecule has 2 amide bonds. The van der Waals surface area contributed by atoms with Crippen molar-refractivity contribution in [1.29, 1.82) is 0 Å². The molecule has 0 saturated carbocycles. The first-order valence-corrected chi connectivity index (χ1v) is 8.46. The molecule has 1 aromatic heterocycles. The van der Waals surface area contributed by atoms with Crippen LogP contribution in [0.4, 0.5) is 4.79 Å². The molecule has 2 heterocycles. The van der Waals surface area contributed by atoms with Gasteiger partial charge in [0.15, 0.2) is 0 Å². The van der Waals surface area contributed by atoms with Gasteiger partial charge in [-0.05, 0) is 46.2 Å². The highest BCUT2D eigenvalue weighted by atomic mass is 35.5. The highest BCUT2D eigenvalue weighted by Crippen LogP contribution is 2.37. The van der Waals surface area contributed by atoms with Gasteiger partial charge in [0.05, 0.1) is 28.1 Å². The Hall–Kier alpha value is -0.820. The van der Waals surface area contributed by atoms with Crippen LogP contribution in [0.25, 0.3) is 0 Å². The number of halogens is 1. The van der Waals surface area contributed by atoms with Crippen LogP contribution in [0, 0.1) is 0 Å². The van der Waals surface area contributed by atoms with Gasteiger partial charge >= 0.3 is 6.03 Å². The molecule has 0 bridgehead atoms. The number of carbonyl (C=O) groups excluding carboxylic acids is 1. The molecule has 1 aliphatic heterocycles. The highest BCUT2D eigenvalue weighted by molar-refractivity contribution is 7.16. The minimum Gasteiger partial charge on any atom is -0.386 e. The van der Waals surface area contributed by atoms with Crippen LogP contribution >= 0.6 is 22.9 Å². The first-order chi connectivity index (χ1) is 10.1. The van der Waals surface area contributed by atoms with Crippen molar-refractivity contribution in [2.24, 2.45) is 0 Å². The van der Waals surface area contributed by atoms with Crippen LogP contribution in [-0.4, -0.2) is 34.9 Å². The lowest BCUT2D eigenvalue weighted by molar-refractivity contribution is -0.0690. The zero-order valence-electron chi connectivity index (χ0n) is 13.3. The van der Waals surface area contributed by atoms with E-state index in [9.17, 15) is 9.90 Å². The zero-order chi connectivity index (χ0) is 16.5. The third kappa shape index (κ3) is 4.35. The summed E-state index contributed by atoms with van der Waals surface area (Å²) < 4.78 is 6.56. The van der Waals surface area contributed by atoms with E-state index in [1.54, 1.807) is 12.1 Å². The Bertz CT molecular complexity index is 545. The number of carbonyl (C=O) groups is 1. The summed E-state index contributed by atoms with van der Waals surface area (Å²) in [5, 5.41) is 15.6. The fraction of sp³-hybridized carbons (Fsp3) is 0.667. The van der Waals surface area contributed by atoms with Crippen molar-refractivity contribution in [1.82, 2.24) is 10.6 Å². The number of hydrogen-bond acceptors (Lipinski definition) is 4. The van der Waals surface area contributed by atoms with Gasteiger partial charge in [-0.15, -0.1) is 11.3 Å². The van der Waals surface area contributed by atoms with Crippen LogP contribution in [0.5, 0.6) is 0 Å². The van der Waals surface area contributed by atoms with Crippen LogP contribution in [0.15, 0.2) is 12.1 Å². The smallest absolute Gasteiger partial charge is 0.315 e. The minimum atomic E-state index is -0.757. The van der Waals surface area contributed by atoms with Crippen LogP contribution in [0.2, 0.25) is 4.34 Å². The third-order valence-corrected chi connectivity index (χ3v) is 5.09. The molecule has 7 heteroatoms. The van der Waals surface area contributed by atoms with Gasteiger partial charge in [-0.25, -0.2) is 4.79 Å². The highest BCUT2D eigenvalue weighted by Gasteiger charge is 2.46. The molecule has 1 saturated heterocycles. The van der Waals surface area contributed by atoms with Gasteiger partial charge in [0.25, 0.3) is 0 Å². The average molecular weight is 347 g/mol. The summed E-state index contributed by atoms with van der Waals surface area (Å²) in [6.07, 6.45) is -0.0104. The number of aliphatic hydroxyl groups is 1. The van der Waals surface area contributed by atoms with E-state index in [1.807, 2.05) is 27.7 Å². The number of thiophene rings is 1. The molecule has 2 atom stereocenters. The quantitative estimate of drug-likeness (QED) is 0.784. The maximum Gasteiger partial charge on any atom is 0.315 e. The predicted octanol–water partition coefficient (Wildman–Crippen LogP) is 3.08. The van der Waals surface area contributed by atoms with Gasteiger partial charge in [0.1, 0.15) is 6.10 Å². The Labute approximate surface area is 140 Å². The van der Waals surface area contributed by atoms with Crippen molar-refractivity contribution >= 4 is 29.0 Å². The van der Waals surface area contributed by atoms with E-state index >= 15 is 0 Å². The zero-order valence-corrected chi connectivity index (χ0v) is 14.8. The van der Waals surface area contributed by atoms with E-state index in [4.69, 9.17) is 16.3 Å². The van der Waals surface area contributed by atoms with Crippen molar-refractivity contribution in [2.75, 3.05) is 6.54 Å². The number of amides is 2. The summed E-state index contributed by atoms with van der Waals surface area (Å²) in [4.78, 5) is 12.8. The topological polar surface area (TPSA) is 70.6 Å². The maximum absolute atomic E-state index is 12.0. The standard InChI is InChI=1S/C15H23ClN2O3S/c1-14(2)7-11(15(3,4)21-14)18-13(20)17-8-9(19)10-5-6-12(16)22-10/h5-6,9,11,19H,7-8H2,1-4H3,(H2,17,18,20). The monoisotopic (exact) mass is 346 g/mol. The summed E-state index contributed by atoms with van der Waals surface area (Å²) in [6.45, 7) is 8.10. The Kier molecular flexibility index (Phi) is 5.06. The summed E-state index contributed by atoms with van der Waals surface area (Å²) in [5.74, 6) is 0. The van der Waals surface area contributed by atoms with E-state index in [-0.39, 0.29) is 24.2 Å². The Morgan fingerprint density at radius 3 is 2.68 bits per heavy atom. The van der Waals surface area contributed by atoms with E-state index < -0.39 is 11.7 Å². The normalized spacial score (nSPS) is 24.0. The summed E-state index contributed by atoms with van der Waals surface area (Å²) in [6, 6.07) is 3.11. The molecule has 0 radical (unpaired) electrons. The van der Waals surface area contributed by atoms with Gasteiger partial charge in [0.2, 0.25) is 0 Å². The second kappa shape index (κ2) is 6.35. The lowest BCUT2D eigenvalue weighted by Crippen LogP contribution is -2.50. The lowest BCUT2D eigenvalue weighted by Gasteiger charge is -2.27. The molecule has 22 heavy (non-hydrogen) atoms. The molecule has 1 aliphatic rings. The number of aliphatic hydroxyl groups excluding tert-OH is 1. The minimum absolute atomic E-state index is 0.0733. The van der Waals surface area contributed by atoms with Crippen LogP contribution in [0.3, 0.4) is 0 Å². The molecule has 0 aromatic carbocycles. The lowest BCUT2D eigenvalue weighted by atomic mass is 9.95. The van der Waals surface area contributed by atoms with Crippen molar-refractivity contribution in [3.8, 4) is 0 Å². The van der Waals surface area contributed by atoms with Crippen molar-refractivity contribution in [3.63, 3.8) is 0 Å².